The van der Waals surface area contributed by atoms with Gasteiger partial charge < -0.3 is 15.2 Å². The van der Waals surface area contributed by atoms with Crippen molar-refractivity contribution in [3.63, 3.8) is 0 Å². The molecule has 19 heavy (non-hydrogen) atoms. The summed E-state index contributed by atoms with van der Waals surface area (Å²) in [6, 6.07) is -0.683. The minimum atomic E-state index is -0.886. The summed E-state index contributed by atoms with van der Waals surface area (Å²) in [5.41, 5.74) is 0. The standard InChI is InChI=1S/C12H22N2O5/c1-3-9(8-19-2)13-12(18)14-10(15)6-4-5-7-11(16)17/h9H,3-8H2,1-2H3,(H,16,17)(H2,13,14,15,18). The van der Waals surface area contributed by atoms with Crippen LogP contribution in [0.25, 0.3) is 0 Å². The first-order valence-electron chi connectivity index (χ1n) is 6.30. The molecule has 0 aromatic rings. The van der Waals surface area contributed by atoms with Crippen LogP contribution in [0.2, 0.25) is 0 Å². The highest BCUT2D eigenvalue weighted by atomic mass is 16.5. The summed E-state index contributed by atoms with van der Waals surface area (Å²) in [6.07, 6.45) is 1.74. The van der Waals surface area contributed by atoms with Crippen LogP contribution < -0.4 is 10.6 Å². The third-order valence-electron chi connectivity index (χ3n) is 2.49. The molecule has 3 amide bonds. The molecule has 0 aromatic heterocycles. The van der Waals surface area contributed by atoms with Gasteiger partial charge in [0, 0.05) is 20.0 Å². The summed E-state index contributed by atoms with van der Waals surface area (Å²) >= 11 is 0. The topological polar surface area (TPSA) is 105 Å². The van der Waals surface area contributed by atoms with Crippen molar-refractivity contribution in [2.75, 3.05) is 13.7 Å². The van der Waals surface area contributed by atoms with E-state index < -0.39 is 17.9 Å². The van der Waals surface area contributed by atoms with E-state index >= 15 is 0 Å². The molecular weight excluding hydrogens is 252 g/mol. The van der Waals surface area contributed by atoms with Gasteiger partial charge in [0.2, 0.25) is 5.91 Å². The van der Waals surface area contributed by atoms with Crippen molar-refractivity contribution in [3.05, 3.63) is 0 Å². The Morgan fingerprint density at radius 2 is 1.84 bits per heavy atom. The minimum Gasteiger partial charge on any atom is -0.481 e. The molecule has 0 bridgehead atoms. The van der Waals surface area contributed by atoms with Crippen LogP contribution in [-0.4, -0.2) is 42.8 Å². The zero-order valence-corrected chi connectivity index (χ0v) is 11.4. The SMILES string of the molecule is CCC(COC)NC(=O)NC(=O)CCCCC(=O)O. The van der Waals surface area contributed by atoms with Crippen LogP contribution in [0.15, 0.2) is 0 Å². The highest BCUT2D eigenvalue weighted by molar-refractivity contribution is 5.94. The van der Waals surface area contributed by atoms with Gasteiger partial charge in [-0.1, -0.05) is 6.92 Å². The lowest BCUT2D eigenvalue weighted by Crippen LogP contribution is -2.45. The molecule has 7 nitrogen and oxygen atoms in total. The number of nitrogens with one attached hydrogen (secondary N) is 2. The van der Waals surface area contributed by atoms with E-state index in [0.29, 0.717) is 25.9 Å². The van der Waals surface area contributed by atoms with Gasteiger partial charge >= 0.3 is 12.0 Å². The summed E-state index contributed by atoms with van der Waals surface area (Å²) < 4.78 is 4.92. The molecule has 0 spiro atoms. The first kappa shape index (κ1) is 17.4. The van der Waals surface area contributed by atoms with Crippen molar-refractivity contribution in [3.8, 4) is 0 Å². The van der Waals surface area contributed by atoms with E-state index in [2.05, 4.69) is 10.6 Å². The fraction of sp³-hybridized carbons (Fsp3) is 0.750. The van der Waals surface area contributed by atoms with Crippen LogP contribution in [0.4, 0.5) is 4.79 Å². The van der Waals surface area contributed by atoms with E-state index in [1.54, 1.807) is 0 Å². The van der Waals surface area contributed by atoms with Crippen molar-refractivity contribution < 1.29 is 24.2 Å². The Morgan fingerprint density at radius 3 is 2.37 bits per heavy atom. The van der Waals surface area contributed by atoms with Crippen LogP contribution in [-0.2, 0) is 14.3 Å². The van der Waals surface area contributed by atoms with E-state index in [9.17, 15) is 14.4 Å². The molecule has 0 aliphatic rings. The molecule has 0 aliphatic heterocycles. The summed E-state index contributed by atoms with van der Waals surface area (Å²) in [4.78, 5) is 33.1. The maximum atomic E-state index is 11.4. The van der Waals surface area contributed by atoms with E-state index in [1.807, 2.05) is 6.92 Å². The third kappa shape index (κ3) is 10.0. The molecule has 1 unspecified atom stereocenters. The molecule has 3 N–H and O–H groups in total. The molecule has 0 rings (SSSR count). The zero-order valence-electron chi connectivity index (χ0n) is 11.4. The molecule has 0 aliphatic carbocycles. The average molecular weight is 274 g/mol. The lowest BCUT2D eigenvalue weighted by atomic mass is 10.2. The van der Waals surface area contributed by atoms with Crippen LogP contribution in [0, 0.1) is 0 Å². The number of amides is 3. The second-order valence-electron chi connectivity index (χ2n) is 4.18. The number of carboxylic acid groups (broad SMARTS) is 1. The minimum absolute atomic E-state index is 0.0330. The molecule has 0 fully saturated rings. The zero-order chi connectivity index (χ0) is 14.7. The smallest absolute Gasteiger partial charge is 0.321 e. The van der Waals surface area contributed by atoms with Crippen molar-refractivity contribution in [2.45, 2.75) is 45.1 Å². The lowest BCUT2D eigenvalue weighted by molar-refractivity contribution is -0.137. The second-order valence-corrected chi connectivity index (χ2v) is 4.18. The number of ether oxygens (including phenoxy) is 1. The largest absolute Gasteiger partial charge is 0.481 e. The number of carbonyl (C=O) groups is 3. The highest BCUT2D eigenvalue weighted by Crippen LogP contribution is 1.99. The van der Waals surface area contributed by atoms with Gasteiger partial charge in [-0.2, -0.15) is 0 Å². The quantitative estimate of drug-likeness (QED) is 0.541. The van der Waals surface area contributed by atoms with E-state index in [0.717, 1.165) is 0 Å². The Morgan fingerprint density at radius 1 is 1.21 bits per heavy atom. The number of hydrogen-bond donors (Lipinski definition) is 3. The number of unbranched alkanes of at least 4 members (excludes halogenated alkanes) is 1. The van der Waals surface area contributed by atoms with Gasteiger partial charge in [0.1, 0.15) is 0 Å². The van der Waals surface area contributed by atoms with Gasteiger partial charge in [-0.15, -0.1) is 0 Å². The van der Waals surface area contributed by atoms with Crippen molar-refractivity contribution in [2.24, 2.45) is 0 Å². The second kappa shape index (κ2) is 10.3. The molecule has 0 heterocycles. The van der Waals surface area contributed by atoms with Gasteiger partial charge in [-0.25, -0.2) is 4.79 Å². The molecule has 7 heteroatoms. The lowest BCUT2D eigenvalue weighted by Gasteiger charge is -2.15. The maximum absolute atomic E-state index is 11.4. The number of methoxy groups -OCH3 is 1. The van der Waals surface area contributed by atoms with Gasteiger partial charge in [0.15, 0.2) is 0 Å². The maximum Gasteiger partial charge on any atom is 0.321 e. The summed E-state index contributed by atoms with van der Waals surface area (Å²) in [5.74, 6) is -1.29. The van der Waals surface area contributed by atoms with E-state index in [1.165, 1.54) is 7.11 Å². The fourth-order valence-electron chi connectivity index (χ4n) is 1.44. The van der Waals surface area contributed by atoms with Crippen molar-refractivity contribution in [1.82, 2.24) is 10.6 Å². The van der Waals surface area contributed by atoms with Gasteiger partial charge in [-0.3, -0.25) is 14.9 Å². The Balaban J connectivity index is 3.79. The highest BCUT2D eigenvalue weighted by Gasteiger charge is 2.12. The number of urea groups is 1. The normalized spacial score (nSPS) is 11.7. The first-order chi connectivity index (χ1) is 8.99. The molecule has 0 saturated carbocycles. The molecule has 0 aromatic carbocycles. The van der Waals surface area contributed by atoms with Crippen molar-refractivity contribution in [1.29, 1.82) is 0 Å². The Hall–Kier alpha value is -1.63. The molecule has 1 atom stereocenters. The number of imide groups is 1. The van der Waals surface area contributed by atoms with Crippen molar-refractivity contribution >= 4 is 17.9 Å². The monoisotopic (exact) mass is 274 g/mol. The van der Waals surface area contributed by atoms with E-state index in [-0.39, 0.29) is 18.9 Å². The van der Waals surface area contributed by atoms with Crippen LogP contribution in [0.5, 0.6) is 0 Å². The summed E-state index contributed by atoms with van der Waals surface area (Å²) in [7, 11) is 1.54. The molecular formula is C12H22N2O5. The number of carboxylic acids is 1. The predicted octanol–water partition coefficient (Wildman–Crippen LogP) is 0.882. The molecule has 0 saturated heterocycles. The predicted molar refractivity (Wildman–Crippen MR) is 68.7 cm³/mol. The summed E-state index contributed by atoms with van der Waals surface area (Å²) in [6.45, 7) is 2.29. The third-order valence-corrected chi connectivity index (χ3v) is 2.49. The van der Waals surface area contributed by atoms with Crippen LogP contribution >= 0.6 is 0 Å². The molecule has 0 radical (unpaired) electrons. The van der Waals surface area contributed by atoms with Gasteiger partial charge in [0.25, 0.3) is 0 Å². The van der Waals surface area contributed by atoms with Gasteiger partial charge in [-0.05, 0) is 19.3 Å². The number of hydrogen-bond acceptors (Lipinski definition) is 4. The Bertz CT molecular complexity index is 306. The Labute approximate surface area is 112 Å². The van der Waals surface area contributed by atoms with Gasteiger partial charge in [0.05, 0.1) is 12.6 Å². The average Bonchev–Trinajstić information content (AvgIpc) is 2.33. The number of rotatable bonds is 9. The first-order valence-corrected chi connectivity index (χ1v) is 6.30. The number of carbonyl (C=O) groups excluding carboxylic acids is 2. The summed E-state index contributed by atoms with van der Waals surface area (Å²) in [5, 5.41) is 13.2. The number of aliphatic carboxylic acids is 1. The molecule has 110 valence electrons. The Kier molecular flexibility index (Phi) is 9.42. The van der Waals surface area contributed by atoms with E-state index in [4.69, 9.17) is 9.84 Å². The van der Waals surface area contributed by atoms with Crippen LogP contribution in [0.1, 0.15) is 39.0 Å². The van der Waals surface area contributed by atoms with Crippen LogP contribution in [0.3, 0.4) is 0 Å². The fourth-order valence-corrected chi connectivity index (χ4v) is 1.44.